The Hall–Kier alpha value is -1.90. The summed E-state index contributed by atoms with van der Waals surface area (Å²) in [5.74, 6) is -1.42. The van der Waals surface area contributed by atoms with E-state index in [4.69, 9.17) is 21.6 Å². The molecule has 24 heavy (non-hydrogen) atoms. The normalized spacial score (nSPS) is 22.0. The van der Waals surface area contributed by atoms with Gasteiger partial charge in [-0.3, -0.25) is 9.79 Å². The van der Waals surface area contributed by atoms with Gasteiger partial charge in [-0.2, -0.15) is 5.26 Å². The summed E-state index contributed by atoms with van der Waals surface area (Å²) in [6, 6.07) is 10.1. The first-order valence-corrected chi connectivity index (χ1v) is 8.67. The number of rotatable bonds is 6. The van der Waals surface area contributed by atoms with Gasteiger partial charge in [0.2, 0.25) is 0 Å². The van der Waals surface area contributed by atoms with Gasteiger partial charge < -0.3 is 9.64 Å². The number of likely N-dealkylation sites (tertiary alicyclic amines) is 1. The number of hydrogen-bond donors (Lipinski definition) is 1. The number of quaternary nitrogens is 1. The Kier molecular flexibility index (Phi) is 7.23. The molecule has 1 fully saturated rings. The number of esters is 1. The molecule has 0 bridgehead atoms. The minimum atomic E-state index is -0.899. The molecule has 0 aliphatic carbocycles. The molecule has 5 nitrogen and oxygen atoms in total. The highest BCUT2D eigenvalue weighted by atomic mass is 35.5. The molecule has 6 heteroatoms. The van der Waals surface area contributed by atoms with Crippen LogP contribution >= 0.6 is 11.6 Å². The average molecular weight is 349 g/mol. The molecule has 1 aliphatic heterocycles. The number of carbonyl (C=O) groups is 1. The number of carbonyl (C=O) groups excluding carboxylic acids is 1. The Morgan fingerprint density at radius 3 is 2.71 bits per heavy atom. The number of aliphatic imine (C=N–C) groups is 1. The van der Waals surface area contributed by atoms with E-state index in [9.17, 15) is 4.79 Å². The third-order valence-electron chi connectivity index (χ3n) is 4.16. The molecular weight excluding hydrogens is 326 g/mol. The number of nitrogens with one attached hydrogen (secondary N) is 1. The minimum absolute atomic E-state index is 0.184. The van der Waals surface area contributed by atoms with Gasteiger partial charge in [-0.25, -0.2) is 0 Å². The maximum Gasteiger partial charge on any atom is 0.328 e. The van der Waals surface area contributed by atoms with Crippen LogP contribution in [-0.2, 0) is 16.1 Å². The first-order chi connectivity index (χ1) is 11.6. The smallest absolute Gasteiger partial charge is 0.328 e. The molecule has 1 N–H and O–H groups in total. The summed E-state index contributed by atoms with van der Waals surface area (Å²) in [6.07, 6.45) is 3.37. The monoisotopic (exact) mass is 348 g/mol. The van der Waals surface area contributed by atoms with Crippen LogP contribution in [0.2, 0.25) is 5.02 Å². The predicted molar refractivity (Wildman–Crippen MR) is 93.1 cm³/mol. The summed E-state index contributed by atoms with van der Waals surface area (Å²) in [6.45, 7) is 5.04. The molecule has 0 amide bonds. The van der Waals surface area contributed by atoms with E-state index in [1.165, 1.54) is 16.7 Å². The van der Waals surface area contributed by atoms with E-state index >= 15 is 0 Å². The summed E-state index contributed by atoms with van der Waals surface area (Å²) in [7, 11) is 0. The van der Waals surface area contributed by atoms with Crippen molar-refractivity contribution in [1.29, 1.82) is 5.26 Å². The maximum absolute atomic E-state index is 11.6. The van der Waals surface area contributed by atoms with E-state index < -0.39 is 11.9 Å². The Balaban J connectivity index is 1.79. The lowest BCUT2D eigenvalue weighted by Gasteiger charge is -2.27. The third-order valence-corrected chi connectivity index (χ3v) is 4.41. The average Bonchev–Trinajstić information content (AvgIpc) is 2.59. The number of nitrogens with zero attached hydrogens (tertiary/aromatic N) is 2. The summed E-state index contributed by atoms with van der Waals surface area (Å²) < 4.78 is 4.86. The number of benzene rings is 1. The topological polar surface area (TPSA) is 66.9 Å². The largest absolute Gasteiger partial charge is 0.465 e. The molecular formula is C18H23ClN3O2+. The molecule has 1 heterocycles. The molecule has 0 aromatic heterocycles. The molecule has 1 saturated heterocycles. The number of ether oxygens (including phenoxy) is 1. The Morgan fingerprint density at radius 1 is 1.46 bits per heavy atom. The molecule has 2 rings (SSSR count). The third kappa shape index (κ3) is 5.63. The zero-order valence-corrected chi connectivity index (χ0v) is 14.6. The van der Waals surface area contributed by atoms with Gasteiger partial charge in [-0.1, -0.05) is 23.7 Å². The van der Waals surface area contributed by atoms with Gasteiger partial charge in [0, 0.05) is 29.6 Å². The van der Waals surface area contributed by atoms with Crippen molar-refractivity contribution in [2.45, 2.75) is 32.4 Å². The Bertz CT molecular complexity index is 602. The Labute approximate surface area is 147 Å². The first kappa shape index (κ1) is 18.4. The molecule has 1 aromatic carbocycles. The number of halogens is 1. The van der Waals surface area contributed by atoms with E-state index in [0.29, 0.717) is 0 Å². The lowest BCUT2D eigenvalue weighted by atomic mass is 10.0. The fraction of sp³-hybridized carbons (Fsp3) is 0.500. The Morgan fingerprint density at radius 2 is 2.12 bits per heavy atom. The number of piperidine rings is 1. The summed E-state index contributed by atoms with van der Waals surface area (Å²) in [5.41, 5.74) is 1.28. The van der Waals surface area contributed by atoms with E-state index in [0.717, 1.165) is 37.5 Å². The van der Waals surface area contributed by atoms with E-state index in [1.54, 1.807) is 6.92 Å². The van der Waals surface area contributed by atoms with Gasteiger partial charge in [0.25, 0.3) is 0 Å². The van der Waals surface area contributed by atoms with Gasteiger partial charge in [-0.05, 0) is 19.1 Å². The van der Waals surface area contributed by atoms with Crippen LogP contribution in [-0.4, -0.2) is 37.9 Å². The fourth-order valence-corrected chi connectivity index (χ4v) is 2.94. The van der Waals surface area contributed by atoms with Gasteiger partial charge in [-0.15, -0.1) is 0 Å². The van der Waals surface area contributed by atoms with Crippen LogP contribution in [0.25, 0.3) is 0 Å². The van der Waals surface area contributed by atoms with Crippen molar-refractivity contribution in [2.24, 2.45) is 10.9 Å². The van der Waals surface area contributed by atoms with E-state index in [2.05, 4.69) is 17.1 Å². The number of nitriles is 1. The van der Waals surface area contributed by atoms with Crippen LogP contribution in [0.3, 0.4) is 0 Å². The highest BCUT2D eigenvalue weighted by molar-refractivity contribution is 6.30. The highest BCUT2D eigenvalue weighted by Gasteiger charge is 2.23. The maximum atomic E-state index is 11.6. The van der Waals surface area contributed by atoms with Crippen LogP contribution in [0, 0.1) is 17.2 Å². The van der Waals surface area contributed by atoms with Crippen molar-refractivity contribution < 1.29 is 14.4 Å². The van der Waals surface area contributed by atoms with Crippen molar-refractivity contribution in [3.63, 3.8) is 0 Å². The van der Waals surface area contributed by atoms with Crippen LogP contribution in [0.1, 0.15) is 25.3 Å². The van der Waals surface area contributed by atoms with Gasteiger partial charge in [0.15, 0.2) is 5.92 Å². The summed E-state index contributed by atoms with van der Waals surface area (Å²) in [4.78, 5) is 17.5. The van der Waals surface area contributed by atoms with Gasteiger partial charge in [0.05, 0.1) is 31.8 Å². The van der Waals surface area contributed by atoms with Crippen molar-refractivity contribution >= 4 is 23.8 Å². The van der Waals surface area contributed by atoms with Gasteiger partial charge in [0.1, 0.15) is 6.54 Å². The van der Waals surface area contributed by atoms with Crippen molar-refractivity contribution in [2.75, 3.05) is 19.7 Å². The van der Waals surface area contributed by atoms with E-state index in [1.807, 2.05) is 18.2 Å². The quantitative estimate of drug-likeness (QED) is 0.628. The van der Waals surface area contributed by atoms with Crippen molar-refractivity contribution in [3.05, 3.63) is 34.9 Å². The van der Waals surface area contributed by atoms with Crippen LogP contribution < -0.4 is 4.90 Å². The summed E-state index contributed by atoms with van der Waals surface area (Å²) in [5, 5.41) is 9.78. The summed E-state index contributed by atoms with van der Waals surface area (Å²) >= 11 is 5.91. The zero-order chi connectivity index (χ0) is 17.4. The lowest BCUT2D eigenvalue weighted by Crippen LogP contribution is -3.12. The molecule has 1 aromatic rings. The lowest BCUT2D eigenvalue weighted by molar-refractivity contribution is -0.918. The molecule has 1 atom stereocenters. The van der Waals surface area contributed by atoms with E-state index in [-0.39, 0.29) is 12.6 Å². The SMILES string of the molecule is CCOC(=O)[C@@H](C#N)C=NC1CC[NH+](Cc2ccc(Cl)cc2)CC1. The second kappa shape index (κ2) is 9.41. The zero-order valence-electron chi connectivity index (χ0n) is 13.9. The molecule has 0 spiro atoms. The highest BCUT2D eigenvalue weighted by Crippen LogP contribution is 2.10. The van der Waals surface area contributed by atoms with Crippen molar-refractivity contribution in [1.82, 2.24) is 0 Å². The van der Waals surface area contributed by atoms with Crippen LogP contribution in [0.4, 0.5) is 0 Å². The first-order valence-electron chi connectivity index (χ1n) is 8.30. The fourth-order valence-electron chi connectivity index (χ4n) is 2.81. The number of hydrogen-bond acceptors (Lipinski definition) is 4. The minimum Gasteiger partial charge on any atom is -0.465 e. The van der Waals surface area contributed by atoms with Gasteiger partial charge >= 0.3 is 5.97 Å². The molecule has 128 valence electrons. The molecule has 1 aliphatic rings. The van der Waals surface area contributed by atoms with Crippen LogP contribution in [0.5, 0.6) is 0 Å². The van der Waals surface area contributed by atoms with Crippen molar-refractivity contribution in [3.8, 4) is 6.07 Å². The predicted octanol–water partition coefficient (Wildman–Crippen LogP) is 1.66. The standard InChI is InChI=1S/C18H22ClN3O2/c1-2-24-18(23)15(11-20)12-21-17-7-9-22(10-8-17)13-14-3-5-16(19)6-4-14/h3-6,12,15,17H,2,7-10,13H2,1H3/p+1/t15-/m0/s1. The molecule has 0 unspecified atom stereocenters. The molecule has 0 saturated carbocycles. The second-order valence-corrected chi connectivity index (χ2v) is 6.38. The second-order valence-electron chi connectivity index (χ2n) is 5.94. The van der Waals surface area contributed by atoms with Crippen LogP contribution in [0.15, 0.2) is 29.3 Å². The molecule has 0 radical (unpaired) electrons.